The van der Waals surface area contributed by atoms with Crippen molar-refractivity contribution in [3.63, 3.8) is 0 Å². The molecule has 47 heavy (non-hydrogen) atoms. The van der Waals surface area contributed by atoms with E-state index in [0.717, 1.165) is 29.8 Å². The van der Waals surface area contributed by atoms with E-state index in [4.69, 9.17) is 13.9 Å². The number of nitrogens with zero attached hydrogens (tertiary/aromatic N) is 2. The van der Waals surface area contributed by atoms with Crippen molar-refractivity contribution in [1.82, 2.24) is 9.62 Å². The minimum atomic E-state index is -4.04. The number of benzene rings is 2. The maximum Gasteiger partial charge on any atom is 0.410 e. The molecular weight excluding hydrogens is 647 g/mol. The van der Waals surface area contributed by atoms with Crippen LogP contribution >= 0.6 is 0 Å². The number of hydrogen-bond donors (Lipinski definition) is 2. The van der Waals surface area contributed by atoms with Gasteiger partial charge in [0.2, 0.25) is 10.0 Å². The van der Waals surface area contributed by atoms with Gasteiger partial charge in [0.05, 0.1) is 41.1 Å². The van der Waals surface area contributed by atoms with Crippen molar-refractivity contribution in [2.24, 2.45) is 17.8 Å². The van der Waals surface area contributed by atoms with Gasteiger partial charge in [-0.15, -0.1) is 0 Å². The van der Waals surface area contributed by atoms with E-state index in [0.29, 0.717) is 0 Å². The molecule has 13 nitrogen and oxygen atoms in total. The van der Waals surface area contributed by atoms with E-state index in [-0.39, 0.29) is 60.7 Å². The van der Waals surface area contributed by atoms with Crippen LogP contribution in [0.15, 0.2) is 59.5 Å². The summed E-state index contributed by atoms with van der Waals surface area (Å²) in [4.78, 5) is 38.6. The molecule has 1 aliphatic heterocycles. The number of nitrogens with one attached hydrogen (secondary N) is 1. The molecular formula is C32H45N3O10SSi. The van der Waals surface area contributed by atoms with E-state index in [2.05, 4.69) is 38.6 Å². The van der Waals surface area contributed by atoms with Crippen molar-refractivity contribution in [1.29, 1.82) is 0 Å². The molecule has 258 valence electrons. The number of rotatable bonds is 12. The van der Waals surface area contributed by atoms with Crippen LogP contribution in [0.4, 0.5) is 10.5 Å². The minimum Gasteiger partial charge on any atom is -0.469 e. The van der Waals surface area contributed by atoms with E-state index in [9.17, 15) is 33.2 Å². The first-order valence-corrected chi connectivity index (χ1v) is 20.0. The SMILES string of the molecule is COC(=O)[C@H]1C[C@@H]2CN(C(=O)OCc3ccccc3)[C@@](CO[Si](C)(C)C(C)(C)C)([C@@H]2CCNS(=O)(=O)c2ccc([N+](=O)[O-])cc2)[C@H]1O. The number of aliphatic hydroxyl groups excluding tert-OH is 1. The minimum absolute atomic E-state index is 0.00373. The molecule has 0 radical (unpaired) electrons. The number of sulfonamides is 1. The molecule has 0 spiro atoms. The number of aliphatic hydroxyl groups is 1. The molecule has 4 rings (SSSR count). The molecule has 5 atom stereocenters. The molecule has 1 saturated carbocycles. The molecule has 2 aromatic rings. The molecule has 1 aliphatic carbocycles. The smallest absolute Gasteiger partial charge is 0.410 e. The van der Waals surface area contributed by atoms with Crippen LogP contribution in [0.25, 0.3) is 0 Å². The monoisotopic (exact) mass is 691 g/mol. The van der Waals surface area contributed by atoms with E-state index in [1.807, 2.05) is 30.3 Å². The number of nitro benzene ring substituents is 1. The van der Waals surface area contributed by atoms with Crippen LogP contribution in [0.3, 0.4) is 0 Å². The predicted molar refractivity (Wildman–Crippen MR) is 175 cm³/mol. The summed E-state index contributed by atoms with van der Waals surface area (Å²) in [6.45, 7) is 10.3. The van der Waals surface area contributed by atoms with E-state index in [1.165, 1.54) is 12.0 Å². The van der Waals surface area contributed by atoms with Gasteiger partial charge in [0.15, 0.2) is 8.32 Å². The van der Waals surface area contributed by atoms with Gasteiger partial charge < -0.3 is 19.0 Å². The molecule has 15 heteroatoms. The van der Waals surface area contributed by atoms with Gasteiger partial charge in [-0.05, 0) is 60.5 Å². The number of esters is 1. The van der Waals surface area contributed by atoms with Gasteiger partial charge in [-0.25, -0.2) is 17.9 Å². The fraction of sp³-hybridized carbons (Fsp3) is 0.562. The Bertz CT molecular complexity index is 1550. The molecule has 1 heterocycles. The summed E-state index contributed by atoms with van der Waals surface area (Å²) in [6, 6.07) is 13.7. The molecule has 1 saturated heterocycles. The van der Waals surface area contributed by atoms with E-state index in [1.54, 1.807) is 0 Å². The van der Waals surface area contributed by atoms with Gasteiger partial charge in [0, 0.05) is 25.2 Å². The standard InChI is InChI=1S/C32H45N3O10SSi/c1-31(2,3)47(5,6)45-21-32-27(16-17-33-46(41,42)25-14-12-24(13-15-25)35(39)40)23(18-26(28(32)36)29(37)43-4)19-34(32)30(38)44-20-22-10-8-7-9-11-22/h7-15,23,26-28,33,36H,16-21H2,1-6H3/t23-,26+,27-,28+,32+/m1/s1. The number of methoxy groups -OCH3 is 1. The van der Waals surface area contributed by atoms with Crippen LogP contribution in [-0.4, -0.2) is 82.2 Å². The Morgan fingerprint density at radius 3 is 2.34 bits per heavy atom. The number of carbonyl (C=O) groups is 2. The summed E-state index contributed by atoms with van der Waals surface area (Å²) in [6.07, 6.45) is -1.64. The van der Waals surface area contributed by atoms with Gasteiger partial charge in [-0.1, -0.05) is 51.1 Å². The van der Waals surface area contributed by atoms with Crippen molar-refractivity contribution < 1.29 is 41.9 Å². The second kappa shape index (κ2) is 14.0. The second-order valence-corrected chi connectivity index (χ2v) is 20.4. The first kappa shape index (κ1) is 36.5. The van der Waals surface area contributed by atoms with Crippen molar-refractivity contribution in [2.45, 2.75) is 74.9 Å². The molecule has 2 aliphatic rings. The number of hydrogen-bond acceptors (Lipinski definition) is 10. The van der Waals surface area contributed by atoms with Crippen molar-refractivity contribution >= 4 is 36.1 Å². The fourth-order valence-electron chi connectivity index (χ4n) is 6.43. The second-order valence-electron chi connectivity index (χ2n) is 13.8. The van der Waals surface area contributed by atoms with Crippen LogP contribution < -0.4 is 4.72 Å². The Morgan fingerprint density at radius 2 is 1.77 bits per heavy atom. The first-order valence-electron chi connectivity index (χ1n) is 15.6. The number of fused-ring (bicyclic) bond motifs is 2. The number of ether oxygens (including phenoxy) is 2. The van der Waals surface area contributed by atoms with E-state index >= 15 is 0 Å². The maximum atomic E-state index is 13.9. The summed E-state index contributed by atoms with van der Waals surface area (Å²) in [5.41, 5.74) is -0.885. The van der Waals surface area contributed by atoms with Crippen LogP contribution in [0.2, 0.25) is 18.1 Å². The molecule has 1 amide bonds. The highest BCUT2D eigenvalue weighted by Gasteiger charge is 2.66. The summed E-state index contributed by atoms with van der Waals surface area (Å²) < 4.78 is 46.3. The quantitative estimate of drug-likeness (QED) is 0.140. The third-order valence-electron chi connectivity index (χ3n) is 10.1. The third-order valence-corrected chi connectivity index (χ3v) is 16.0. The topological polar surface area (TPSA) is 175 Å². The third kappa shape index (κ3) is 7.54. The molecule has 2 bridgehead atoms. The number of nitro groups is 1. The highest BCUT2D eigenvalue weighted by Crippen LogP contribution is 2.53. The van der Waals surface area contributed by atoms with E-state index < -0.39 is 58.8 Å². The number of non-ortho nitro benzene ring substituents is 1. The van der Waals surface area contributed by atoms with Gasteiger partial charge in [0.1, 0.15) is 6.61 Å². The average Bonchev–Trinajstić information content (AvgIpc) is 3.27. The lowest BCUT2D eigenvalue weighted by atomic mass is 9.63. The molecule has 0 aromatic heterocycles. The summed E-state index contributed by atoms with van der Waals surface area (Å²) in [5, 5.41) is 22.9. The van der Waals surface area contributed by atoms with Crippen molar-refractivity contribution in [3.8, 4) is 0 Å². The van der Waals surface area contributed by atoms with Gasteiger partial charge in [-0.3, -0.25) is 19.8 Å². The zero-order valence-corrected chi connectivity index (χ0v) is 29.5. The molecule has 2 N–H and O–H groups in total. The lowest BCUT2D eigenvalue weighted by Gasteiger charge is -2.51. The zero-order chi connectivity index (χ0) is 34.8. The average molecular weight is 692 g/mol. The Balaban J connectivity index is 1.67. The Labute approximate surface area is 276 Å². The maximum absolute atomic E-state index is 13.9. The molecule has 2 aromatic carbocycles. The summed E-state index contributed by atoms with van der Waals surface area (Å²) in [5.74, 6) is -2.32. The van der Waals surface area contributed by atoms with Gasteiger partial charge >= 0.3 is 12.1 Å². The molecule has 0 unspecified atom stereocenters. The van der Waals surface area contributed by atoms with Crippen LogP contribution in [0.1, 0.15) is 39.2 Å². The van der Waals surface area contributed by atoms with Crippen LogP contribution in [-0.2, 0) is 35.3 Å². The highest BCUT2D eigenvalue weighted by atomic mass is 32.2. The highest BCUT2D eigenvalue weighted by molar-refractivity contribution is 7.89. The predicted octanol–water partition coefficient (Wildman–Crippen LogP) is 4.46. The zero-order valence-electron chi connectivity index (χ0n) is 27.7. The normalized spacial score (nSPS) is 24.5. The Kier molecular flexibility index (Phi) is 10.9. The lowest BCUT2D eigenvalue weighted by Crippen LogP contribution is -2.67. The summed E-state index contributed by atoms with van der Waals surface area (Å²) in [7, 11) is -5.26. The summed E-state index contributed by atoms with van der Waals surface area (Å²) >= 11 is 0. The van der Waals surface area contributed by atoms with Crippen LogP contribution in [0, 0.1) is 27.9 Å². The van der Waals surface area contributed by atoms with Crippen molar-refractivity contribution in [3.05, 3.63) is 70.3 Å². The van der Waals surface area contributed by atoms with Gasteiger partial charge in [-0.2, -0.15) is 0 Å². The first-order chi connectivity index (χ1) is 21.9. The Hall–Kier alpha value is -3.37. The Morgan fingerprint density at radius 1 is 1.13 bits per heavy atom. The van der Waals surface area contributed by atoms with Crippen molar-refractivity contribution in [2.75, 3.05) is 26.8 Å². The number of likely N-dealkylation sites (tertiary alicyclic amines) is 1. The van der Waals surface area contributed by atoms with Crippen LogP contribution in [0.5, 0.6) is 0 Å². The number of amides is 1. The largest absolute Gasteiger partial charge is 0.469 e. The lowest BCUT2D eigenvalue weighted by molar-refractivity contribution is -0.384. The fourth-order valence-corrected chi connectivity index (χ4v) is 8.50. The number of carbonyl (C=O) groups excluding carboxylic acids is 2. The van der Waals surface area contributed by atoms with Gasteiger partial charge in [0.25, 0.3) is 5.69 Å². The molecule has 2 fully saturated rings.